The van der Waals surface area contributed by atoms with E-state index >= 15 is 0 Å². The van der Waals surface area contributed by atoms with Gasteiger partial charge in [-0.1, -0.05) is 0 Å². The van der Waals surface area contributed by atoms with E-state index in [1.807, 2.05) is 20.8 Å². The number of hydrogen-bond acceptors (Lipinski definition) is 4. The monoisotopic (exact) mass is 224 g/mol. The molecule has 0 aromatic heterocycles. The minimum atomic E-state index is -3.40. The first-order valence-corrected chi connectivity index (χ1v) is 6.28. The van der Waals surface area contributed by atoms with E-state index in [2.05, 4.69) is 0 Å². The van der Waals surface area contributed by atoms with Gasteiger partial charge in [-0.3, -0.25) is 13.6 Å². The highest BCUT2D eigenvalue weighted by molar-refractivity contribution is 7.48. The molecule has 1 unspecified atom stereocenters. The lowest BCUT2D eigenvalue weighted by atomic mass is 10.2. The molecule has 14 heavy (non-hydrogen) atoms. The van der Waals surface area contributed by atoms with Gasteiger partial charge < -0.3 is 0 Å². The second-order valence-corrected chi connectivity index (χ2v) is 5.77. The normalized spacial score (nSPS) is 17.1. The Morgan fingerprint density at radius 2 is 1.79 bits per heavy atom. The zero-order valence-corrected chi connectivity index (χ0v) is 10.8. The van der Waals surface area contributed by atoms with Crippen LogP contribution in [0.2, 0.25) is 0 Å². The molecule has 1 atom stereocenters. The van der Waals surface area contributed by atoms with Crippen LogP contribution in [0.25, 0.3) is 0 Å². The summed E-state index contributed by atoms with van der Waals surface area (Å²) in [5.41, 5.74) is -0.542. The average Bonchev–Trinajstić information content (AvgIpc) is 1.78. The summed E-state index contributed by atoms with van der Waals surface area (Å²) < 4.78 is 27.5. The smallest absolute Gasteiger partial charge is 0.287 e. The van der Waals surface area contributed by atoms with E-state index in [0.29, 0.717) is 6.61 Å². The highest BCUT2D eigenvalue weighted by Crippen LogP contribution is 2.53. The molecular formula is C9H21O4P. The molecule has 0 saturated carbocycles. The predicted molar refractivity (Wildman–Crippen MR) is 56.3 cm³/mol. The molecule has 0 aromatic carbocycles. The lowest BCUT2D eigenvalue weighted by Crippen LogP contribution is -2.20. The van der Waals surface area contributed by atoms with E-state index in [0.717, 1.165) is 0 Å². The Kier molecular flexibility index (Phi) is 5.31. The first-order valence-electron chi connectivity index (χ1n) is 4.82. The van der Waals surface area contributed by atoms with Crippen LogP contribution in [0.1, 0.15) is 41.5 Å². The van der Waals surface area contributed by atoms with Gasteiger partial charge >= 0.3 is 7.82 Å². The molecule has 4 nitrogen and oxygen atoms in total. The van der Waals surface area contributed by atoms with Crippen molar-refractivity contribution in [3.8, 4) is 0 Å². The van der Waals surface area contributed by atoms with E-state index in [-0.39, 0.29) is 6.10 Å². The summed E-state index contributed by atoms with van der Waals surface area (Å²) in [6.45, 7) is 11.1. The molecule has 0 heterocycles. The van der Waals surface area contributed by atoms with Crippen LogP contribution < -0.4 is 0 Å². The van der Waals surface area contributed by atoms with Gasteiger partial charge in [0.25, 0.3) is 0 Å². The zero-order chi connectivity index (χ0) is 11.4. The molecule has 5 heteroatoms. The maximum Gasteiger partial charge on any atom is 0.475 e. The van der Waals surface area contributed by atoms with Crippen LogP contribution in [-0.4, -0.2) is 18.3 Å². The Balaban J connectivity index is 4.48. The highest BCUT2D eigenvalue weighted by Gasteiger charge is 2.33. The van der Waals surface area contributed by atoms with Crippen molar-refractivity contribution in [1.82, 2.24) is 0 Å². The largest absolute Gasteiger partial charge is 0.475 e. The third-order valence-corrected chi connectivity index (χ3v) is 3.04. The summed E-state index contributed by atoms with van der Waals surface area (Å²) in [7, 11) is -3.40. The molecule has 0 fully saturated rings. The summed E-state index contributed by atoms with van der Waals surface area (Å²) in [4.78, 5) is 0. The predicted octanol–water partition coefficient (Wildman–Crippen LogP) is 3.37. The molecule has 86 valence electrons. The lowest BCUT2D eigenvalue weighted by molar-refractivity contribution is 0.0331. The van der Waals surface area contributed by atoms with Crippen molar-refractivity contribution >= 4 is 7.82 Å². The van der Waals surface area contributed by atoms with E-state index < -0.39 is 13.4 Å². The molecule has 0 spiro atoms. The molecule has 0 bridgehead atoms. The summed E-state index contributed by atoms with van der Waals surface area (Å²) in [5, 5.41) is 0. The SMILES string of the molecule is CCOP(=O)(OC(C)C)OC(C)(C)C. The van der Waals surface area contributed by atoms with Crippen molar-refractivity contribution in [2.45, 2.75) is 53.2 Å². The van der Waals surface area contributed by atoms with Gasteiger partial charge in [0.1, 0.15) is 0 Å². The first kappa shape index (κ1) is 14.1. The Labute approximate surface area is 86.5 Å². The van der Waals surface area contributed by atoms with Gasteiger partial charge in [-0.15, -0.1) is 0 Å². The van der Waals surface area contributed by atoms with Crippen molar-refractivity contribution in [1.29, 1.82) is 0 Å². The third kappa shape index (κ3) is 6.55. The van der Waals surface area contributed by atoms with Crippen LogP contribution in [0, 0.1) is 0 Å². The van der Waals surface area contributed by atoms with Crippen molar-refractivity contribution in [3.63, 3.8) is 0 Å². The summed E-state index contributed by atoms with van der Waals surface area (Å²) in [5.74, 6) is 0. The molecule has 0 aliphatic carbocycles. The number of rotatable bonds is 5. The molecular weight excluding hydrogens is 203 g/mol. The van der Waals surface area contributed by atoms with E-state index in [4.69, 9.17) is 13.6 Å². The Morgan fingerprint density at radius 3 is 2.07 bits per heavy atom. The molecule has 0 rings (SSSR count). The van der Waals surface area contributed by atoms with Crippen molar-refractivity contribution in [2.75, 3.05) is 6.61 Å². The summed E-state index contributed by atoms with van der Waals surface area (Å²) >= 11 is 0. The Bertz CT molecular complexity index is 207. The Morgan fingerprint density at radius 1 is 1.29 bits per heavy atom. The van der Waals surface area contributed by atoms with Crippen LogP contribution in [-0.2, 0) is 18.1 Å². The van der Waals surface area contributed by atoms with Gasteiger partial charge in [-0.2, -0.15) is 0 Å². The molecule has 0 aromatic rings. The van der Waals surface area contributed by atoms with Crippen molar-refractivity contribution in [3.05, 3.63) is 0 Å². The molecule has 0 aliphatic rings. The van der Waals surface area contributed by atoms with E-state index in [1.165, 1.54) is 0 Å². The van der Waals surface area contributed by atoms with Gasteiger partial charge in [0.15, 0.2) is 0 Å². The second-order valence-electron chi connectivity index (χ2n) is 4.22. The number of phosphoric acid groups is 1. The second kappa shape index (κ2) is 5.26. The van der Waals surface area contributed by atoms with Gasteiger partial charge in [0.2, 0.25) is 0 Å². The molecule has 0 N–H and O–H groups in total. The zero-order valence-electron chi connectivity index (χ0n) is 9.86. The van der Waals surface area contributed by atoms with Crippen LogP contribution >= 0.6 is 7.82 Å². The number of phosphoric ester groups is 1. The molecule has 0 radical (unpaired) electrons. The van der Waals surface area contributed by atoms with Gasteiger partial charge in [0.05, 0.1) is 18.3 Å². The fourth-order valence-electron chi connectivity index (χ4n) is 0.830. The topological polar surface area (TPSA) is 44.8 Å². The molecule has 0 aliphatic heterocycles. The van der Waals surface area contributed by atoms with Gasteiger partial charge in [-0.05, 0) is 41.5 Å². The molecule has 0 amide bonds. The minimum Gasteiger partial charge on any atom is -0.287 e. The first-order chi connectivity index (χ1) is 6.18. The van der Waals surface area contributed by atoms with E-state index in [1.54, 1.807) is 20.8 Å². The Hall–Kier alpha value is 0.110. The average molecular weight is 224 g/mol. The van der Waals surface area contributed by atoms with E-state index in [9.17, 15) is 4.57 Å². The standard InChI is InChI=1S/C9H21O4P/c1-7-11-14(10,12-8(2)3)13-9(4,5)6/h8H,7H2,1-6H3. The third-order valence-electron chi connectivity index (χ3n) is 1.01. The maximum absolute atomic E-state index is 12.0. The number of hydrogen-bond donors (Lipinski definition) is 0. The molecule has 0 saturated heterocycles. The fraction of sp³-hybridized carbons (Fsp3) is 1.00. The van der Waals surface area contributed by atoms with Gasteiger partial charge in [0, 0.05) is 0 Å². The summed E-state index contributed by atoms with van der Waals surface area (Å²) in [6, 6.07) is 0. The lowest BCUT2D eigenvalue weighted by Gasteiger charge is -2.26. The van der Waals surface area contributed by atoms with Crippen molar-refractivity contribution < 1.29 is 18.1 Å². The quantitative estimate of drug-likeness (QED) is 0.671. The summed E-state index contributed by atoms with van der Waals surface area (Å²) in [6.07, 6.45) is -0.185. The van der Waals surface area contributed by atoms with Gasteiger partial charge in [-0.25, -0.2) is 4.57 Å². The van der Waals surface area contributed by atoms with Crippen molar-refractivity contribution in [2.24, 2.45) is 0 Å². The van der Waals surface area contributed by atoms with Crippen LogP contribution in [0.3, 0.4) is 0 Å². The minimum absolute atomic E-state index is 0.185. The fourth-order valence-corrected chi connectivity index (χ4v) is 2.49. The van der Waals surface area contributed by atoms with Crippen LogP contribution in [0.15, 0.2) is 0 Å². The highest BCUT2D eigenvalue weighted by atomic mass is 31.2. The maximum atomic E-state index is 12.0. The van der Waals surface area contributed by atoms with Crippen LogP contribution in [0.5, 0.6) is 0 Å². The van der Waals surface area contributed by atoms with Crippen LogP contribution in [0.4, 0.5) is 0 Å².